The van der Waals surface area contributed by atoms with Gasteiger partial charge in [-0.15, -0.1) is 0 Å². The van der Waals surface area contributed by atoms with Crippen LogP contribution in [-0.4, -0.2) is 21.4 Å². The van der Waals surface area contributed by atoms with Crippen LogP contribution < -0.4 is 10.6 Å². The van der Waals surface area contributed by atoms with E-state index in [1.54, 1.807) is 0 Å². The van der Waals surface area contributed by atoms with Gasteiger partial charge in [0.25, 0.3) is 0 Å². The van der Waals surface area contributed by atoms with E-state index in [1.165, 1.54) is 11.1 Å². The number of anilines is 1. The minimum atomic E-state index is 0.640. The van der Waals surface area contributed by atoms with Gasteiger partial charge in [-0.1, -0.05) is 29.3 Å². The van der Waals surface area contributed by atoms with Crippen molar-refractivity contribution in [3.63, 3.8) is 0 Å². The molecule has 0 atom stereocenters. The Morgan fingerprint density at radius 3 is 2.73 bits per heavy atom. The maximum absolute atomic E-state index is 5.98. The van der Waals surface area contributed by atoms with Crippen molar-refractivity contribution in [2.24, 2.45) is 0 Å². The van der Waals surface area contributed by atoms with E-state index >= 15 is 0 Å². The Labute approximate surface area is 141 Å². The molecule has 0 amide bonds. The van der Waals surface area contributed by atoms with Crippen LogP contribution in [0.15, 0.2) is 24.4 Å². The largest absolute Gasteiger partial charge is 0.362 e. The van der Waals surface area contributed by atoms with Crippen LogP contribution in [0.5, 0.6) is 0 Å². The molecule has 1 heterocycles. The fourth-order valence-electron chi connectivity index (χ4n) is 2.17. The Morgan fingerprint density at radius 2 is 2.09 bits per heavy atom. The minimum absolute atomic E-state index is 0.640. The van der Waals surface area contributed by atoms with Gasteiger partial charge in [-0.2, -0.15) is 5.10 Å². The quantitative estimate of drug-likeness (QED) is 0.643. The van der Waals surface area contributed by atoms with Gasteiger partial charge in [-0.05, 0) is 51.0 Å². The Morgan fingerprint density at radius 1 is 1.32 bits per heavy atom. The van der Waals surface area contributed by atoms with Gasteiger partial charge in [0.05, 0.1) is 10.7 Å². The van der Waals surface area contributed by atoms with Gasteiger partial charge in [-0.25, -0.2) is 0 Å². The number of nitrogens with one attached hydrogen (secondary N) is 2. The molecular formula is C16H21ClN4S. The third-order valence-electron chi connectivity index (χ3n) is 3.37. The van der Waals surface area contributed by atoms with Gasteiger partial charge in [0.2, 0.25) is 0 Å². The standard InChI is InChI=1S/C16H21ClN4S/c1-11-5-6-15(12(2)9-11)19-16(22)18-7-4-8-21-10-14(17)13(3)20-21/h5-6,9-10H,4,7-8H2,1-3H3,(H2,18,19,22). The molecule has 1 aromatic heterocycles. The molecule has 0 aliphatic carbocycles. The van der Waals surface area contributed by atoms with Crippen LogP contribution >= 0.6 is 23.8 Å². The van der Waals surface area contributed by atoms with Crippen molar-refractivity contribution >= 4 is 34.6 Å². The second-order valence-electron chi connectivity index (χ2n) is 5.38. The Balaban J connectivity index is 1.73. The Hall–Kier alpha value is -1.59. The lowest BCUT2D eigenvalue weighted by Crippen LogP contribution is -2.30. The predicted molar refractivity (Wildman–Crippen MR) is 96.7 cm³/mol. The van der Waals surface area contributed by atoms with E-state index in [9.17, 15) is 0 Å². The van der Waals surface area contributed by atoms with Gasteiger partial charge in [0.15, 0.2) is 5.11 Å². The van der Waals surface area contributed by atoms with Crippen LogP contribution in [0.3, 0.4) is 0 Å². The lowest BCUT2D eigenvalue weighted by Gasteiger charge is -2.13. The van der Waals surface area contributed by atoms with E-state index in [1.807, 2.05) is 23.9 Å². The zero-order valence-corrected chi connectivity index (χ0v) is 14.7. The van der Waals surface area contributed by atoms with E-state index in [-0.39, 0.29) is 0 Å². The molecule has 0 saturated heterocycles. The number of hydrogen-bond acceptors (Lipinski definition) is 2. The molecule has 0 aliphatic heterocycles. The van der Waals surface area contributed by atoms with Crippen LogP contribution in [0.4, 0.5) is 5.69 Å². The van der Waals surface area contributed by atoms with Gasteiger partial charge < -0.3 is 10.6 Å². The predicted octanol–water partition coefficient (Wildman–Crippen LogP) is 3.84. The number of halogens is 1. The minimum Gasteiger partial charge on any atom is -0.362 e. The maximum atomic E-state index is 5.98. The zero-order valence-electron chi connectivity index (χ0n) is 13.1. The molecule has 22 heavy (non-hydrogen) atoms. The van der Waals surface area contributed by atoms with Crippen molar-refractivity contribution in [3.05, 3.63) is 46.2 Å². The fourth-order valence-corrected chi connectivity index (χ4v) is 2.53. The normalized spacial score (nSPS) is 10.5. The number of thiocarbonyl (C=S) groups is 1. The van der Waals surface area contributed by atoms with E-state index in [4.69, 9.17) is 23.8 Å². The summed E-state index contributed by atoms with van der Waals surface area (Å²) in [6.07, 6.45) is 2.77. The molecule has 0 fully saturated rings. The average molecular weight is 337 g/mol. The third kappa shape index (κ3) is 4.71. The van der Waals surface area contributed by atoms with Crippen molar-refractivity contribution in [3.8, 4) is 0 Å². The van der Waals surface area contributed by atoms with Crippen LogP contribution in [0, 0.1) is 20.8 Å². The molecule has 6 heteroatoms. The third-order valence-corrected chi connectivity index (χ3v) is 3.98. The number of hydrogen-bond donors (Lipinski definition) is 2. The highest BCUT2D eigenvalue weighted by molar-refractivity contribution is 7.80. The molecule has 0 spiro atoms. The summed E-state index contributed by atoms with van der Waals surface area (Å²) in [4.78, 5) is 0. The highest BCUT2D eigenvalue weighted by Crippen LogP contribution is 2.15. The van der Waals surface area contributed by atoms with Crippen LogP contribution in [0.2, 0.25) is 5.02 Å². The number of benzene rings is 1. The van der Waals surface area contributed by atoms with Crippen molar-refractivity contribution in [1.29, 1.82) is 0 Å². The summed E-state index contributed by atoms with van der Waals surface area (Å²) in [5.74, 6) is 0. The summed E-state index contributed by atoms with van der Waals surface area (Å²) < 4.78 is 1.86. The molecule has 1 aromatic carbocycles. The Bertz CT molecular complexity index is 647. The van der Waals surface area contributed by atoms with E-state index in [0.29, 0.717) is 10.1 Å². The summed E-state index contributed by atoms with van der Waals surface area (Å²) in [6.45, 7) is 7.65. The molecule has 0 aliphatic rings. The molecular weight excluding hydrogens is 316 g/mol. The van der Waals surface area contributed by atoms with Crippen LogP contribution in [0.1, 0.15) is 23.2 Å². The van der Waals surface area contributed by atoms with E-state index in [2.05, 4.69) is 41.7 Å². The molecule has 0 bridgehead atoms. The molecule has 0 unspecified atom stereocenters. The lowest BCUT2D eigenvalue weighted by molar-refractivity contribution is 0.570. The zero-order chi connectivity index (χ0) is 16.1. The van der Waals surface area contributed by atoms with Gasteiger partial charge >= 0.3 is 0 Å². The SMILES string of the molecule is Cc1ccc(NC(=S)NCCCn2cc(Cl)c(C)n2)c(C)c1. The number of aromatic nitrogens is 2. The molecule has 0 radical (unpaired) electrons. The average Bonchev–Trinajstić information content (AvgIpc) is 2.77. The highest BCUT2D eigenvalue weighted by atomic mass is 35.5. The van der Waals surface area contributed by atoms with Crippen LogP contribution in [0.25, 0.3) is 0 Å². The summed E-state index contributed by atoms with van der Waals surface area (Å²) in [7, 11) is 0. The number of aryl methyl sites for hydroxylation is 4. The first-order valence-corrected chi connectivity index (χ1v) is 8.06. The summed E-state index contributed by atoms with van der Waals surface area (Å²) in [5.41, 5.74) is 4.33. The molecule has 2 N–H and O–H groups in total. The second kappa shape index (κ2) is 7.61. The van der Waals surface area contributed by atoms with Crippen molar-refractivity contribution < 1.29 is 0 Å². The van der Waals surface area contributed by atoms with E-state index < -0.39 is 0 Å². The summed E-state index contributed by atoms with van der Waals surface area (Å²) in [5, 5.41) is 12.1. The first-order chi connectivity index (χ1) is 10.5. The number of rotatable bonds is 5. The van der Waals surface area contributed by atoms with Gasteiger partial charge in [0.1, 0.15) is 0 Å². The van der Waals surface area contributed by atoms with Crippen molar-refractivity contribution in [2.75, 3.05) is 11.9 Å². The van der Waals surface area contributed by atoms with E-state index in [0.717, 1.165) is 30.9 Å². The summed E-state index contributed by atoms with van der Waals surface area (Å²) in [6, 6.07) is 6.25. The van der Waals surface area contributed by atoms with Crippen LogP contribution in [-0.2, 0) is 6.54 Å². The maximum Gasteiger partial charge on any atom is 0.170 e. The lowest BCUT2D eigenvalue weighted by atomic mass is 10.1. The second-order valence-corrected chi connectivity index (χ2v) is 6.19. The molecule has 2 rings (SSSR count). The topological polar surface area (TPSA) is 41.9 Å². The molecule has 118 valence electrons. The first kappa shape index (κ1) is 16.8. The van der Waals surface area contributed by atoms with Crippen molar-refractivity contribution in [2.45, 2.75) is 33.7 Å². The number of nitrogens with zero attached hydrogens (tertiary/aromatic N) is 2. The molecule has 0 saturated carbocycles. The molecule has 4 nitrogen and oxygen atoms in total. The van der Waals surface area contributed by atoms with Gasteiger partial charge in [0, 0.05) is 25.0 Å². The Kier molecular flexibility index (Phi) is 5.80. The van der Waals surface area contributed by atoms with Gasteiger partial charge in [-0.3, -0.25) is 4.68 Å². The van der Waals surface area contributed by atoms with Crippen molar-refractivity contribution in [1.82, 2.24) is 15.1 Å². The highest BCUT2D eigenvalue weighted by Gasteiger charge is 2.03. The monoisotopic (exact) mass is 336 g/mol. The first-order valence-electron chi connectivity index (χ1n) is 7.27. The molecule has 2 aromatic rings. The smallest absolute Gasteiger partial charge is 0.170 e. The fraction of sp³-hybridized carbons (Fsp3) is 0.375. The summed E-state index contributed by atoms with van der Waals surface area (Å²) >= 11 is 11.3.